The number of nitrogens with one attached hydrogen (secondary N) is 1. The molecular weight excluding hydrogens is 272 g/mol. The van der Waals surface area contributed by atoms with Gasteiger partial charge in [0.25, 0.3) is 0 Å². The van der Waals surface area contributed by atoms with Crippen LogP contribution in [0.5, 0.6) is 0 Å². The highest BCUT2D eigenvalue weighted by Crippen LogP contribution is 2.24. The summed E-state index contributed by atoms with van der Waals surface area (Å²) in [5.74, 6) is 0. The Kier molecular flexibility index (Phi) is 3.74. The van der Waals surface area contributed by atoms with Gasteiger partial charge < -0.3 is 9.88 Å². The van der Waals surface area contributed by atoms with Gasteiger partial charge in [-0.1, -0.05) is 24.3 Å². The molecular formula is C18H18N4. The molecule has 0 spiro atoms. The molecule has 1 N–H and O–H groups in total. The number of fused-ring (bicyclic) bond motifs is 1. The first-order valence-electron chi connectivity index (χ1n) is 7.07. The highest BCUT2D eigenvalue weighted by Gasteiger charge is 2.06. The molecule has 0 radical (unpaired) electrons. The Morgan fingerprint density at radius 3 is 2.59 bits per heavy atom. The van der Waals surface area contributed by atoms with Crippen LogP contribution in [0.15, 0.2) is 59.9 Å². The third kappa shape index (κ3) is 2.63. The van der Waals surface area contributed by atoms with Gasteiger partial charge in [-0.3, -0.25) is 4.99 Å². The van der Waals surface area contributed by atoms with Crippen molar-refractivity contribution in [1.82, 2.24) is 14.9 Å². The van der Waals surface area contributed by atoms with Crippen molar-refractivity contribution < 1.29 is 0 Å². The summed E-state index contributed by atoms with van der Waals surface area (Å²) >= 11 is 0. The molecule has 0 aliphatic heterocycles. The number of hydrogen-bond donors (Lipinski definition) is 1. The summed E-state index contributed by atoms with van der Waals surface area (Å²) in [4.78, 5) is 13.7. The van der Waals surface area contributed by atoms with Crippen LogP contribution >= 0.6 is 0 Å². The van der Waals surface area contributed by atoms with Crippen LogP contribution in [0.3, 0.4) is 0 Å². The lowest BCUT2D eigenvalue weighted by atomic mass is 10.1. The summed E-state index contributed by atoms with van der Waals surface area (Å²) in [6.07, 6.45) is 3.67. The lowest BCUT2D eigenvalue weighted by Crippen LogP contribution is -2.09. The number of aromatic nitrogens is 2. The molecule has 0 aliphatic rings. The lowest BCUT2D eigenvalue weighted by Gasteiger charge is -2.16. The molecule has 3 rings (SSSR count). The maximum absolute atomic E-state index is 4.67. The van der Waals surface area contributed by atoms with Crippen LogP contribution in [-0.4, -0.2) is 35.7 Å². The Morgan fingerprint density at radius 1 is 1.14 bits per heavy atom. The highest BCUT2D eigenvalue weighted by atomic mass is 15.1. The fourth-order valence-electron chi connectivity index (χ4n) is 2.44. The van der Waals surface area contributed by atoms with Crippen LogP contribution in [0.1, 0.15) is 5.56 Å². The van der Waals surface area contributed by atoms with Crippen LogP contribution in [0.25, 0.3) is 28.0 Å². The minimum absolute atomic E-state index is 0.968. The van der Waals surface area contributed by atoms with E-state index in [1.54, 1.807) is 6.20 Å². The average molecular weight is 290 g/mol. The molecule has 2 aromatic heterocycles. The first-order chi connectivity index (χ1) is 10.7. The molecule has 0 amide bonds. The fourth-order valence-corrected chi connectivity index (χ4v) is 2.44. The topological polar surface area (TPSA) is 44.3 Å². The maximum atomic E-state index is 4.67. The molecule has 4 heteroatoms. The summed E-state index contributed by atoms with van der Waals surface area (Å²) in [7, 11) is 3.98. The number of nitrogens with zero attached hydrogens (tertiary/aromatic N) is 3. The van der Waals surface area contributed by atoms with Crippen LogP contribution in [0, 0.1) is 0 Å². The third-order valence-corrected chi connectivity index (χ3v) is 3.58. The molecule has 22 heavy (non-hydrogen) atoms. The second-order valence-corrected chi connectivity index (χ2v) is 5.28. The van der Waals surface area contributed by atoms with E-state index in [-0.39, 0.29) is 0 Å². The van der Waals surface area contributed by atoms with Gasteiger partial charge >= 0.3 is 0 Å². The number of aliphatic imine (C=N–C) groups is 1. The maximum Gasteiger partial charge on any atom is 0.0886 e. The zero-order valence-corrected chi connectivity index (χ0v) is 12.7. The Balaban J connectivity index is 1.96. The smallest absolute Gasteiger partial charge is 0.0886 e. The van der Waals surface area contributed by atoms with Crippen molar-refractivity contribution in [3.63, 3.8) is 0 Å². The van der Waals surface area contributed by atoms with Gasteiger partial charge in [0.2, 0.25) is 0 Å². The van der Waals surface area contributed by atoms with E-state index in [2.05, 4.69) is 52.0 Å². The van der Waals surface area contributed by atoms with Crippen molar-refractivity contribution in [2.75, 3.05) is 14.1 Å². The summed E-state index contributed by atoms with van der Waals surface area (Å²) < 4.78 is 0. The molecule has 0 saturated heterocycles. The molecule has 0 unspecified atom stereocenters. The first kappa shape index (κ1) is 14.1. The molecule has 110 valence electrons. The number of aromatic amines is 1. The molecule has 3 aromatic rings. The van der Waals surface area contributed by atoms with Crippen molar-refractivity contribution in [2.45, 2.75) is 0 Å². The Morgan fingerprint density at radius 2 is 1.91 bits per heavy atom. The van der Waals surface area contributed by atoms with E-state index in [4.69, 9.17) is 0 Å². The van der Waals surface area contributed by atoms with Gasteiger partial charge in [-0.25, -0.2) is 4.98 Å². The van der Waals surface area contributed by atoms with Crippen LogP contribution < -0.4 is 0 Å². The van der Waals surface area contributed by atoms with Gasteiger partial charge in [-0.2, -0.15) is 0 Å². The number of hydrogen-bond acceptors (Lipinski definition) is 3. The van der Waals surface area contributed by atoms with E-state index in [9.17, 15) is 0 Å². The van der Waals surface area contributed by atoms with Crippen molar-refractivity contribution in [3.05, 3.63) is 60.4 Å². The lowest BCUT2D eigenvalue weighted by molar-refractivity contribution is 0.591. The second-order valence-electron chi connectivity index (χ2n) is 5.28. The average Bonchev–Trinajstić information content (AvgIpc) is 3.00. The second kappa shape index (κ2) is 5.85. The normalized spacial score (nSPS) is 11.6. The predicted molar refractivity (Wildman–Crippen MR) is 92.7 cm³/mol. The summed E-state index contributed by atoms with van der Waals surface area (Å²) in [6, 6.07) is 14.4. The zero-order valence-electron chi connectivity index (χ0n) is 12.7. The SMILES string of the molecule is C=N/C=C(/c1ccc(-c2ccc3[nH]ccc3n2)cc1)N(C)C. The number of benzene rings is 1. The van der Waals surface area contributed by atoms with Gasteiger partial charge in [0.15, 0.2) is 0 Å². The first-order valence-corrected chi connectivity index (χ1v) is 7.07. The predicted octanol–water partition coefficient (Wildman–Crippen LogP) is 3.79. The quantitative estimate of drug-likeness (QED) is 0.743. The minimum Gasteiger partial charge on any atom is -0.376 e. The third-order valence-electron chi connectivity index (χ3n) is 3.58. The molecule has 0 atom stereocenters. The van der Waals surface area contributed by atoms with E-state index in [1.165, 1.54) is 0 Å². The van der Waals surface area contributed by atoms with E-state index in [0.717, 1.165) is 33.6 Å². The monoisotopic (exact) mass is 290 g/mol. The van der Waals surface area contributed by atoms with Gasteiger partial charge in [0.05, 0.1) is 28.6 Å². The largest absolute Gasteiger partial charge is 0.376 e. The van der Waals surface area contributed by atoms with Crippen molar-refractivity contribution in [1.29, 1.82) is 0 Å². The summed E-state index contributed by atoms with van der Waals surface area (Å²) in [5.41, 5.74) is 6.22. The van der Waals surface area contributed by atoms with E-state index >= 15 is 0 Å². The van der Waals surface area contributed by atoms with Crippen molar-refractivity contribution in [2.24, 2.45) is 4.99 Å². The van der Waals surface area contributed by atoms with Crippen molar-refractivity contribution in [3.8, 4) is 11.3 Å². The van der Waals surface area contributed by atoms with Crippen LogP contribution in [0.2, 0.25) is 0 Å². The van der Waals surface area contributed by atoms with Crippen LogP contribution in [0.4, 0.5) is 0 Å². The van der Waals surface area contributed by atoms with Crippen LogP contribution in [-0.2, 0) is 0 Å². The van der Waals surface area contributed by atoms with Gasteiger partial charge in [0.1, 0.15) is 0 Å². The highest BCUT2D eigenvalue weighted by molar-refractivity contribution is 5.79. The van der Waals surface area contributed by atoms with E-state index < -0.39 is 0 Å². The summed E-state index contributed by atoms with van der Waals surface area (Å²) in [6.45, 7) is 3.53. The molecule has 1 aromatic carbocycles. The van der Waals surface area contributed by atoms with E-state index in [0.29, 0.717) is 0 Å². The van der Waals surface area contributed by atoms with Gasteiger partial charge in [-0.05, 0) is 30.5 Å². The zero-order chi connectivity index (χ0) is 15.5. The molecule has 0 saturated carbocycles. The molecule has 0 aliphatic carbocycles. The molecule has 0 fully saturated rings. The number of pyridine rings is 1. The number of rotatable bonds is 4. The van der Waals surface area contributed by atoms with E-state index in [1.807, 2.05) is 37.3 Å². The Hall–Kier alpha value is -2.88. The molecule has 4 nitrogen and oxygen atoms in total. The molecule has 0 bridgehead atoms. The van der Waals surface area contributed by atoms with Crippen molar-refractivity contribution >= 4 is 23.4 Å². The summed E-state index contributed by atoms with van der Waals surface area (Å²) in [5, 5.41) is 0. The molecule has 2 heterocycles. The Bertz CT molecular complexity index is 826. The fraction of sp³-hybridized carbons (Fsp3) is 0.111. The standard InChI is InChI=1S/C18H18N4/c1-19-12-18(22(2)3)14-6-4-13(5-7-14)15-8-9-16-17(21-15)10-11-20-16/h4-12,20H,1H2,2-3H3/b18-12-. The number of H-pyrrole nitrogens is 1. The van der Waals surface area contributed by atoms with Gasteiger partial charge in [-0.15, -0.1) is 0 Å². The minimum atomic E-state index is 0.968. The van der Waals surface area contributed by atoms with Gasteiger partial charge in [0, 0.05) is 25.9 Å². The Labute approximate surface area is 129 Å².